The highest BCUT2D eigenvalue weighted by atomic mass is 16.4. The zero-order chi connectivity index (χ0) is 14.3. The summed E-state index contributed by atoms with van der Waals surface area (Å²) in [7, 11) is 0. The van der Waals surface area contributed by atoms with Gasteiger partial charge in [0.1, 0.15) is 0 Å². The number of hydrogen-bond acceptors (Lipinski definition) is 4. The third-order valence-corrected chi connectivity index (χ3v) is 3.95. The van der Waals surface area contributed by atoms with Gasteiger partial charge in [0.2, 0.25) is 0 Å². The van der Waals surface area contributed by atoms with Crippen molar-refractivity contribution >= 4 is 5.84 Å². The molecule has 0 saturated carbocycles. The standard InChI is InChI=1S/C14H30N4O/c1-4-13(14(15)16-19)18-10-8-17(9-11-18)7-5-6-12(2)3/h12-13,19H,4-11H2,1-3H3,(H2,15,16). The summed E-state index contributed by atoms with van der Waals surface area (Å²) in [5.41, 5.74) is 5.75. The first-order valence-corrected chi connectivity index (χ1v) is 7.52. The highest BCUT2D eigenvalue weighted by Gasteiger charge is 2.25. The Morgan fingerprint density at radius 3 is 2.37 bits per heavy atom. The fourth-order valence-corrected chi connectivity index (χ4v) is 2.74. The van der Waals surface area contributed by atoms with Crippen LogP contribution in [0.3, 0.4) is 0 Å². The van der Waals surface area contributed by atoms with Crippen LogP contribution in [0.4, 0.5) is 0 Å². The summed E-state index contributed by atoms with van der Waals surface area (Å²) in [5, 5.41) is 12.0. The summed E-state index contributed by atoms with van der Waals surface area (Å²) in [6, 6.07) is 0.0859. The maximum absolute atomic E-state index is 8.81. The Morgan fingerprint density at radius 2 is 1.89 bits per heavy atom. The van der Waals surface area contributed by atoms with Crippen molar-refractivity contribution in [1.82, 2.24) is 9.80 Å². The molecule has 1 rings (SSSR count). The smallest absolute Gasteiger partial charge is 0.156 e. The van der Waals surface area contributed by atoms with Crippen molar-refractivity contribution in [2.45, 2.75) is 46.1 Å². The molecule has 1 unspecified atom stereocenters. The minimum Gasteiger partial charge on any atom is -0.409 e. The van der Waals surface area contributed by atoms with E-state index < -0.39 is 0 Å². The van der Waals surface area contributed by atoms with E-state index in [-0.39, 0.29) is 6.04 Å². The molecule has 19 heavy (non-hydrogen) atoms. The summed E-state index contributed by atoms with van der Waals surface area (Å²) < 4.78 is 0. The van der Waals surface area contributed by atoms with Crippen LogP contribution in [0.1, 0.15) is 40.0 Å². The maximum Gasteiger partial charge on any atom is 0.156 e. The van der Waals surface area contributed by atoms with Crippen molar-refractivity contribution < 1.29 is 5.21 Å². The fraction of sp³-hybridized carbons (Fsp3) is 0.929. The van der Waals surface area contributed by atoms with Gasteiger partial charge in [-0.2, -0.15) is 0 Å². The monoisotopic (exact) mass is 270 g/mol. The zero-order valence-electron chi connectivity index (χ0n) is 12.7. The molecule has 1 aliphatic heterocycles. The molecule has 5 nitrogen and oxygen atoms in total. The number of nitrogens with two attached hydrogens (primary N) is 1. The van der Waals surface area contributed by atoms with Gasteiger partial charge in [-0.15, -0.1) is 0 Å². The van der Waals surface area contributed by atoms with Gasteiger partial charge in [0, 0.05) is 26.2 Å². The Labute approximate surface area is 117 Å². The molecule has 112 valence electrons. The van der Waals surface area contributed by atoms with Gasteiger partial charge in [-0.1, -0.05) is 25.9 Å². The predicted octanol–water partition coefficient (Wildman–Crippen LogP) is 1.57. The molecule has 5 heteroatoms. The van der Waals surface area contributed by atoms with Crippen molar-refractivity contribution in [2.24, 2.45) is 16.8 Å². The number of nitrogens with zero attached hydrogens (tertiary/aromatic N) is 3. The fourth-order valence-electron chi connectivity index (χ4n) is 2.74. The van der Waals surface area contributed by atoms with Crippen LogP contribution in [-0.2, 0) is 0 Å². The lowest BCUT2D eigenvalue weighted by Crippen LogP contribution is -2.54. The van der Waals surface area contributed by atoms with Crippen LogP contribution in [0.15, 0.2) is 5.16 Å². The largest absolute Gasteiger partial charge is 0.409 e. The summed E-state index contributed by atoms with van der Waals surface area (Å²) in [6.45, 7) is 12.0. The molecule has 1 heterocycles. The minimum atomic E-state index is 0.0859. The summed E-state index contributed by atoms with van der Waals surface area (Å²) in [6.07, 6.45) is 3.49. The average Bonchev–Trinajstić information content (AvgIpc) is 2.40. The zero-order valence-corrected chi connectivity index (χ0v) is 12.7. The van der Waals surface area contributed by atoms with Gasteiger partial charge in [-0.05, 0) is 31.7 Å². The SMILES string of the molecule is CCC(C(N)=NO)N1CCN(CCCC(C)C)CC1. The molecule has 1 aliphatic rings. The minimum absolute atomic E-state index is 0.0859. The molecular weight excluding hydrogens is 240 g/mol. The Balaban J connectivity index is 2.31. The Kier molecular flexibility index (Phi) is 7.16. The van der Waals surface area contributed by atoms with Crippen LogP contribution in [0.25, 0.3) is 0 Å². The molecule has 0 aromatic rings. The lowest BCUT2D eigenvalue weighted by atomic mass is 10.1. The number of oxime groups is 1. The number of piperazine rings is 1. The Morgan fingerprint density at radius 1 is 1.26 bits per heavy atom. The van der Waals surface area contributed by atoms with E-state index in [0.717, 1.165) is 38.5 Å². The molecule has 0 radical (unpaired) electrons. The first-order chi connectivity index (χ1) is 9.08. The van der Waals surface area contributed by atoms with E-state index in [9.17, 15) is 0 Å². The van der Waals surface area contributed by atoms with Gasteiger partial charge in [0.05, 0.1) is 6.04 Å². The number of amidine groups is 1. The average molecular weight is 270 g/mol. The second kappa shape index (κ2) is 8.38. The summed E-state index contributed by atoms with van der Waals surface area (Å²) >= 11 is 0. The van der Waals surface area contributed by atoms with Crippen molar-refractivity contribution in [2.75, 3.05) is 32.7 Å². The van der Waals surface area contributed by atoms with Crippen LogP contribution in [0.5, 0.6) is 0 Å². The molecule has 1 fully saturated rings. The molecule has 0 aliphatic carbocycles. The van der Waals surface area contributed by atoms with Crippen LogP contribution in [0.2, 0.25) is 0 Å². The molecule has 0 aromatic carbocycles. The molecule has 0 amide bonds. The number of rotatable bonds is 7. The molecule has 0 bridgehead atoms. The lowest BCUT2D eigenvalue weighted by Gasteiger charge is -2.38. The highest BCUT2D eigenvalue weighted by Crippen LogP contribution is 2.11. The van der Waals surface area contributed by atoms with E-state index in [0.29, 0.717) is 5.84 Å². The first kappa shape index (κ1) is 16.2. The van der Waals surface area contributed by atoms with E-state index in [2.05, 4.69) is 35.7 Å². The van der Waals surface area contributed by atoms with Crippen molar-refractivity contribution in [3.63, 3.8) is 0 Å². The van der Waals surface area contributed by atoms with Gasteiger partial charge in [0.15, 0.2) is 5.84 Å². The molecular formula is C14H30N4O. The lowest BCUT2D eigenvalue weighted by molar-refractivity contribution is 0.112. The Bertz CT molecular complexity index is 273. The van der Waals surface area contributed by atoms with Gasteiger partial charge >= 0.3 is 0 Å². The summed E-state index contributed by atoms with van der Waals surface area (Å²) in [5.74, 6) is 1.14. The molecule has 3 N–H and O–H groups in total. The first-order valence-electron chi connectivity index (χ1n) is 7.52. The van der Waals surface area contributed by atoms with Crippen LogP contribution >= 0.6 is 0 Å². The third kappa shape index (κ3) is 5.37. The second-order valence-corrected chi connectivity index (χ2v) is 5.86. The molecule has 0 aromatic heterocycles. The Hall–Kier alpha value is -0.810. The van der Waals surface area contributed by atoms with Gasteiger partial charge in [-0.25, -0.2) is 0 Å². The van der Waals surface area contributed by atoms with Gasteiger partial charge < -0.3 is 15.8 Å². The van der Waals surface area contributed by atoms with E-state index in [1.165, 1.54) is 19.4 Å². The van der Waals surface area contributed by atoms with E-state index in [1.54, 1.807) is 0 Å². The van der Waals surface area contributed by atoms with Crippen molar-refractivity contribution in [3.8, 4) is 0 Å². The van der Waals surface area contributed by atoms with E-state index in [1.807, 2.05) is 0 Å². The quantitative estimate of drug-likeness (QED) is 0.319. The number of hydrogen-bond donors (Lipinski definition) is 2. The highest BCUT2D eigenvalue weighted by molar-refractivity contribution is 5.85. The molecule has 1 atom stereocenters. The van der Waals surface area contributed by atoms with E-state index >= 15 is 0 Å². The van der Waals surface area contributed by atoms with Crippen LogP contribution < -0.4 is 5.73 Å². The summed E-state index contributed by atoms with van der Waals surface area (Å²) in [4.78, 5) is 4.85. The second-order valence-electron chi connectivity index (χ2n) is 5.86. The third-order valence-electron chi connectivity index (χ3n) is 3.95. The predicted molar refractivity (Wildman–Crippen MR) is 79.6 cm³/mol. The van der Waals surface area contributed by atoms with Gasteiger partial charge in [-0.3, -0.25) is 4.90 Å². The molecule has 1 saturated heterocycles. The topological polar surface area (TPSA) is 65.1 Å². The normalized spacial score (nSPS) is 20.9. The van der Waals surface area contributed by atoms with Crippen molar-refractivity contribution in [1.29, 1.82) is 0 Å². The molecule has 0 spiro atoms. The van der Waals surface area contributed by atoms with Crippen LogP contribution in [0, 0.1) is 5.92 Å². The van der Waals surface area contributed by atoms with Gasteiger partial charge in [0.25, 0.3) is 0 Å². The van der Waals surface area contributed by atoms with Crippen LogP contribution in [-0.4, -0.2) is 59.6 Å². The van der Waals surface area contributed by atoms with Crippen molar-refractivity contribution in [3.05, 3.63) is 0 Å². The maximum atomic E-state index is 8.81. The van der Waals surface area contributed by atoms with E-state index in [4.69, 9.17) is 10.9 Å².